The summed E-state index contributed by atoms with van der Waals surface area (Å²) in [7, 11) is 0. The second-order valence-electron chi connectivity index (χ2n) is 3.86. The molecule has 0 bridgehead atoms. The molecule has 0 unspecified atom stereocenters. The van der Waals surface area contributed by atoms with Crippen LogP contribution in [-0.4, -0.2) is 10.1 Å². The lowest BCUT2D eigenvalue weighted by molar-refractivity contribution is 0.386. The quantitative estimate of drug-likeness (QED) is 0.727. The van der Waals surface area contributed by atoms with Crippen molar-refractivity contribution in [3.05, 3.63) is 53.9 Å². The molecular weight excluding hydrogens is 214 g/mol. The third-order valence-corrected chi connectivity index (χ3v) is 2.71. The number of benzene rings is 2. The average molecular weight is 225 g/mol. The van der Waals surface area contributed by atoms with Gasteiger partial charge in [-0.1, -0.05) is 42.5 Å². The first-order valence-electron chi connectivity index (χ1n) is 5.37. The fourth-order valence-electron chi connectivity index (χ4n) is 1.95. The Bertz CT molecular complexity index is 655. The number of anilines is 1. The maximum absolute atomic E-state index is 5.43. The van der Waals surface area contributed by atoms with Gasteiger partial charge in [0.15, 0.2) is 0 Å². The fourth-order valence-corrected chi connectivity index (χ4v) is 1.95. The highest BCUT2D eigenvalue weighted by molar-refractivity contribution is 5.85. The Hall–Kier alpha value is -2.36. The van der Waals surface area contributed by atoms with Gasteiger partial charge in [0.25, 0.3) is 5.95 Å². The number of fused-ring (bicyclic) bond motifs is 1. The van der Waals surface area contributed by atoms with Gasteiger partial charge >= 0.3 is 0 Å². The number of nitrogen functional groups attached to an aromatic ring is 1. The van der Waals surface area contributed by atoms with Crippen molar-refractivity contribution in [3.8, 4) is 0 Å². The standard InChI is InChI=1S/C13H11N3O/c14-13-15-12(17-16-13)8-10-6-3-5-9-4-1-2-7-11(9)10/h1-7H,8H2,(H2,14,16). The molecule has 17 heavy (non-hydrogen) atoms. The van der Waals surface area contributed by atoms with Crippen LogP contribution in [0, 0.1) is 0 Å². The number of rotatable bonds is 2. The summed E-state index contributed by atoms with van der Waals surface area (Å²) in [5.74, 6) is 0.721. The summed E-state index contributed by atoms with van der Waals surface area (Å²) in [5.41, 5.74) is 6.59. The summed E-state index contributed by atoms with van der Waals surface area (Å²) in [4.78, 5) is 4.01. The van der Waals surface area contributed by atoms with E-state index in [0.29, 0.717) is 12.3 Å². The van der Waals surface area contributed by atoms with E-state index in [2.05, 4.69) is 34.4 Å². The Morgan fingerprint density at radius 3 is 2.71 bits per heavy atom. The van der Waals surface area contributed by atoms with E-state index in [1.165, 1.54) is 10.8 Å². The van der Waals surface area contributed by atoms with E-state index in [1.54, 1.807) is 0 Å². The number of hydrogen-bond donors (Lipinski definition) is 1. The number of nitrogens with zero attached hydrogens (tertiary/aromatic N) is 2. The topological polar surface area (TPSA) is 64.9 Å². The van der Waals surface area contributed by atoms with E-state index in [9.17, 15) is 0 Å². The highest BCUT2D eigenvalue weighted by atomic mass is 16.5. The fraction of sp³-hybridized carbons (Fsp3) is 0.0769. The van der Waals surface area contributed by atoms with Crippen LogP contribution in [0.2, 0.25) is 0 Å². The van der Waals surface area contributed by atoms with Gasteiger partial charge in [-0.25, -0.2) is 0 Å². The van der Waals surface area contributed by atoms with Crippen molar-refractivity contribution in [2.24, 2.45) is 0 Å². The van der Waals surface area contributed by atoms with Crippen LogP contribution in [-0.2, 0) is 6.42 Å². The van der Waals surface area contributed by atoms with Crippen LogP contribution in [0.15, 0.2) is 47.0 Å². The molecule has 0 saturated carbocycles. The van der Waals surface area contributed by atoms with E-state index in [4.69, 9.17) is 10.3 Å². The lowest BCUT2D eigenvalue weighted by atomic mass is 10.0. The van der Waals surface area contributed by atoms with Crippen LogP contribution in [0.25, 0.3) is 10.8 Å². The molecule has 4 nitrogen and oxygen atoms in total. The summed E-state index contributed by atoms with van der Waals surface area (Å²) in [6.07, 6.45) is 0.603. The molecule has 4 heteroatoms. The van der Waals surface area contributed by atoms with Gasteiger partial charge in [-0.15, -0.1) is 0 Å². The van der Waals surface area contributed by atoms with E-state index in [-0.39, 0.29) is 5.95 Å². The zero-order valence-corrected chi connectivity index (χ0v) is 9.13. The van der Waals surface area contributed by atoms with Gasteiger partial charge < -0.3 is 10.3 Å². The molecule has 0 atom stereocenters. The predicted octanol–water partition coefficient (Wildman–Crippen LogP) is 2.40. The largest absolute Gasteiger partial charge is 0.365 e. The maximum Gasteiger partial charge on any atom is 0.260 e. The first kappa shape index (κ1) is 9.84. The van der Waals surface area contributed by atoms with Gasteiger partial charge in [-0.05, 0) is 21.5 Å². The van der Waals surface area contributed by atoms with E-state index >= 15 is 0 Å². The van der Waals surface area contributed by atoms with Crippen molar-refractivity contribution in [1.82, 2.24) is 10.1 Å². The van der Waals surface area contributed by atoms with Crippen LogP contribution in [0.3, 0.4) is 0 Å². The number of aromatic nitrogens is 2. The number of hydrogen-bond acceptors (Lipinski definition) is 4. The monoisotopic (exact) mass is 225 g/mol. The third-order valence-electron chi connectivity index (χ3n) is 2.71. The summed E-state index contributed by atoms with van der Waals surface area (Å²) >= 11 is 0. The van der Waals surface area contributed by atoms with Gasteiger partial charge in [0, 0.05) is 0 Å². The van der Waals surface area contributed by atoms with Crippen molar-refractivity contribution >= 4 is 16.7 Å². The highest BCUT2D eigenvalue weighted by Crippen LogP contribution is 2.20. The first-order chi connectivity index (χ1) is 8.33. The molecule has 0 aliphatic carbocycles. The lowest BCUT2D eigenvalue weighted by Crippen LogP contribution is -1.91. The molecule has 0 spiro atoms. The lowest BCUT2D eigenvalue weighted by Gasteiger charge is -2.03. The normalized spacial score (nSPS) is 10.8. The van der Waals surface area contributed by atoms with Crippen LogP contribution < -0.4 is 5.73 Å². The second-order valence-corrected chi connectivity index (χ2v) is 3.86. The zero-order valence-electron chi connectivity index (χ0n) is 9.13. The molecule has 0 saturated heterocycles. The summed E-state index contributed by atoms with van der Waals surface area (Å²) in [6.45, 7) is 0. The van der Waals surface area contributed by atoms with E-state index < -0.39 is 0 Å². The smallest absolute Gasteiger partial charge is 0.260 e. The minimum Gasteiger partial charge on any atom is -0.365 e. The molecule has 2 aromatic carbocycles. The Kier molecular flexibility index (Phi) is 2.26. The Morgan fingerprint density at radius 1 is 1.06 bits per heavy atom. The van der Waals surface area contributed by atoms with Gasteiger partial charge in [0.1, 0.15) is 0 Å². The first-order valence-corrected chi connectivity index (χ1v) is 5.37. The Balaban J connectivity index is 2.05. The van der Waals surface area contributed by atoms with Crippen LogP contribution >= 0.6 is 0 Å². The van der Waals surface area contributed by atoms with E-state index in [0.717, 1.165) is 5.56 Å². The van der Waals surface area contributed by atoms with Crippen molar-refractivity contribution in [2.45, 2.75) is 6.42 Å². The molecule has 84 valence electrons. The molecule has 0 fully saturated rings. The molecule has 1 aromatic heterocycles. The van der Waals surface area contributed by atoms with Crippen LogP contribution in [0.4, 0.5) is 5.95 Å². The van der Waals surface area contributed by atoms with Crippen LogP contribution in [0.5, 0.6) is 0 Å². The summed E-state index contributed by atoms with van der Waals surface area (Å²) < 4.78 is 5.03. The molecule has 3 aromatic rings. The molecule has 2 N–H and O–H groups in total. The minimum atomic E-state index is 0.181. The molecule has 0 aliphatic heterocycles. The third kappa shape index (κ3) is 1.85. The summed E-state index contributed by atoms with van der Waals surface area (Å²) in [5, 5.41) is 5.99. The molecule has 0 aliphatic rings. The van der Waals surface area contributed by atoms with Crippen LogP contribution in [0.1, 0.15) is 11.5 Å². The second kappa shape index (κ2) is 3.90. The van der Waals surface area contributed by atoms with Gasteiger partial charge in [0.2, 0.25) is 5.89 Å². The Labute approximate surface area is 98.1 Å². The van der Waals surface area contributed by atoms with Crippen molar-refractivity contribution < 1.29 is 4.52 Å². The van der Waals surface area contributed by atoms with Gasteiger partial charge in [-0.3, -0.25) is 0 Å². The van der Waals surface area contributed by atoms with Gasteiger partial charge in [-0.2, -0.15) is 4.98 Å². The summed E-state index contributed by atoms with van der Waals surface area (Å²) in [6, 6.07) is 14.4. The Morgan fingerprint density at radius 2 is 1.88 bits per heavy atom. The van der Waals surface area contributed by atoms with Gasteiger partial charge in [0.05, 0.1) is 6.42 Å². The minimum absolute atomic E-state index is 0.181. The van der Waals surface area contributed by atoms with E-state index in [1.807, 2.05) is 18.2 Å². The van der Waals surface area contributed by atoms with Crippen molar-refractivity contribution in [1.29, 1.82) is 0 Å². The number of nitrogens with two attached hydrogens (primary N) is 1. The average Bonchev–Trinajstić information content (AvgIpc) is 2.75. The van der Waals surface area contributed by atoms with Crippen molar-refractivity contribution in [3.63, 3.8) is 0 Å². The SMILES string of the molecule is Nc1noc(Cc2cccc3ccccc23)n1. The molecule has 3 rings (SSSR count). The van der Waals surface area contributed by atoms with Crippen molar-refractivity contribution in [2.75, 3.05) is 5.73 Å². The molecule has 1 heterocycles. The molecule has 0 amide bonds. The maximum atomic E-state index is 5.43. The molecular formula is C13H11N3O. The predicted molar refractivity (Wildman–Crippen MR) is 65.5 cm³/mol. The molecule has 0 radical (unpaired) electrons. The zero-order chi connectivity index (χ0) is 11.7. The highest BCUT2D eigenvalue weighted by Gasteiger charge is 2.07.